The molecule has 6 nitrogen and oxygen atoms in total. The minimum absolute atomic E-state index is 0.0462. The fourth-order valence-electron chi connectivity index (χ4n) is 1.16. The molecule has 0 aliphatic rings. The summed E-state index contributed by atoms with van der Waals surface area (Å²) >= 11 is 1.24. The third-order valence-corrected chi connectivity index (χ3v) is 2.81. The lowest BCUT2D eigenvalue weighted by atomic mass is 10.3. The monoisotopic (exact) mass is 246 g/mol. The number of rotatable bonds is 3. The smallest absolute Gasteiger partial charge is 0.194 e. The average molecular weight is 246 g/mol. The molecule has 0 unspecified atom stereocenters. The molecule has 0 aromatic carbocycles. The molecule has 0 fully saturated rings. The summed E-state index contributed by atoms with van der Waals surface area (Å²) in [5.74, 6) is -0.0462. The molecule has 2 heterocycles. The van der Waals surface area contributed by atoms with E-state index in [1.54, 1.807) is 12.3 Å². The Labute approximate surface area is 102 Å². The first kappa shape index (κ1) is 11.5. The highest BCUT2D eigenvalue weighted by Crippen LogP contribution is 2.24. The molecule has 2 rings (SSSR count). The van der Waals surface area contributed by atoms with Gasteiger partial charge in [-0.1, -0.05) is 0 Å². The molecular weight excluding hydrogens is 236 g/mol. The Morgan fingerprint density at radius 1 is 1.35 bits per heavy atom. The summed E-state index contributed by atoms with van der Waals surface area (Å²) in [7, 11) is 0. The molecule has 0 radical (unpaired) electrons. The molecule has 0 aliphatic carbocycles. The molecule has 0 spiro atoms. The van der Waals surface area contributed by atoms with Gasteiger partial charge < -0.3 is 5.73 Å². The van der Waals surface area contributed by atoms with Gasteiger partial charge in [-0.25, -0.2) is 9.97 Å². The van der Waals surface area contributed by atoms with Crippen molar-refractivity contribution in [3.63, 3.8) is 0 Å². The van der Waals surface area contributed by atoms with E-state index < -0.39 is 0 Å². The summed E-state index contributed by atoms with van der Waals surface area (Å²) in [5.41, 5.74) is 6.87. The van der Waals surface area contributed by atoms with E-state index in [-0.39, 0.29) is 5.84 Å². The van der Waals surface area contributed by atoms with Crippen molar-refractivity contribution in [2.24, 2.45) is 5.73 Å². The van der Waals surface area contributed by atoms with Crippen molar-refractivity contribution in [1.82, 2.24) is 20.2 Å². The van der Waals surface area contributed by atoms with Crippen molar-refractivity contribution < 1.29 is 0 Å². The van der Waals surface area contributed by atoms with Gasteiger partial charge in [0.25, 0.3) is 0 Å². The van der Waals surface area contributed by atoms with E-state index in [1.807, 2.05) is 13.0 Å². The van der Waals surface area contributed by atoms with E-state index in [4.69, 9.17) is 11.1 Å². The van der Waals surface area contributed by atoms with Crippen molar-refractivity contribution in [2.75, 3.05) is 0 Å². The quantitative estimate of drug-likeness (QED) is 0.476. The van der Waals surface area contributed by atoms with E-state index in [1.165, 1.54) is 18.0 Å². The van der Waals surface area contributed by atoms with Crippen LogP contribution < -0.4 is 5.73 Å². The molecule has 2 aromatic rings. The van der Waals surface area contributed by atoms with Crippen LogP contribution in [0.25, 0.3) is 0 Å². The van der Waals surface area contributed by atoms with Gasteiger partial charge in [0.2, 0.25) is 0 Å². The predicted octanol–water partition coefficient (Wildman–Crippen LogP) is 1.01. The fraction of sp³-hybridized carbons (Fsp3) is 0.100. The number of nitrogens with zero attached hydrogens (tertiary/aromatic N) is 4. The van der Waals surface area contributed by atoms with E-state index in [0.29, 0.717) is 15.7 Å². The van der Waals surface area contributed by atoms with Gasteiger partial charge in [-0.05, 0) is 30.8 Å². The zero-order chi connectivity index (χ0) is 12.3. The van der Waals surface area contributed by atoms with E-state index in [9.17, 15) is 0 Å². The van der Waals surface area contributed by atoms with E-state index in [2.05, 4.69) is 20.2 Å². The zero-order valence-corrected chi connectivity index (χ0v) is 9.90. The summed E-state index contributed by atoms with van der Waals surface area (Å²) in [6.07, 6.45) is 3.17. The molecule has 0 aliphatic heterocycles. The first-order valence-electron chi connectivity index (χ1n) is 4.80. The molecule has 2 aromatic heterocycles. The Hall–Kier alpha value is -2.02. The molecule has 7 heteroatoms. The third kappa shape index (κ3) is 2.76. The van der Waals surface area contributed by atoms with Crippen LogP contribution in [-0.2, 0) is 0 Å². The molecule has 86 valence electrons. The number of aryl methyl sites for hydroxylation is 1. The van der Waals surface area contributed by atoms with Crippen LogP contribution in [0.2, 0.25) is 0 Å². The highest BCUT2D eigenvalue weighted by Gasteiger charge is 2.10. The highest BCUT2D eigenvalue weighted by atomic mass is 32.2. The molecule has 3 N–H and O–H groups in total. The fourth-order valence-corrected chi connectivity index (χ4v) is 2.01. The first-order chi connectivity index (χ1) is 8.16. The minimum Gasteiger partial charge on any atom is -0.384 e. The number of hydrogen-bond donors (Lipinski definition) is 2. The van der Waals surface area contributed by atoms with Crippen LogP contribution in [-0.4, -0.2) is 26.0 Å². The van der Waals surface area contributed by atoms with Gasteiger partial charge in [0, 0.05) is 11.9 Å². The van der Waals surface area contributed by atoms with Crippen molar-refractivity contribution in [1.29, 1.82) is 5.41 Å². The second-order valence-electron chi connectivity index (χ2n) is 3.25. The standard InChI is InChI=1S/C10H10N6S/c1-6-2-4-13-10(15-6)17-9-7(8(11)12)3-5-14-16-9/h2-5H,1H3,(H3,11,12). The Balaban J connectivity index is 2.33. The number of aromatic nitrogens is 4. The Kier molecular flexibility index (Phi) is 3.29. The van der Waals surface area contributed by atoms with Crippen LogP contribution in [0.15, 0.2) is 34.7 Å². The van der Waals surface area contributed by atoms with Crippen LogP contribution in [0.1, 0.15) is 11.3 Å². The number of amidine groups is 1. The number of nitrogen functional groups attached to an aromatic ring is 1. The first-order valence-corrected chi connectivity index (χ1v) is 5.62. The number of hydrogen-bond acceptors (Lipinski definition) is 6. The van der Waals surface area contributed by atoms with Crippen molar-refractivity contribution in [3.8, 4) is 0 Å². The van der Waals surface area contributed by atoms with E-state index in [0.717, 1.165) is 5.69 Å². The lowest BCUT2D eigenvalue weighted by molar-refractivity contribution is 0.896. The van der Waals surface area contributed by atoms with Crippen LogP contribution in [0.5, 0.6) is 0 Å². The predicted molar refractivity (Wildman–Crippen MR) is 63.9 cm³/mol. The maximum Gasteiger partial charge on any atom is 0.194 e. The summed E-state index contributed by atoms with van der Waals surface area (Å²) in [5, 5.41) is 16.2. The SMILES string of the molecule is Cc1ccnc(Sc2nnccc2C(=N)N)n1. The minimum atomic E-state index is -0.0462. The van der Waals surface area contributed by atoms with Gasteiger partial charge >= 0.3 is 0 Å². The van der Waals surface area contributed by atoms with Crippen molar-refractivity contribution in [2.45, 2.75) is 17.1 Å². The summed E-state index contributed by atoms with van der Waals surface area (Å²) < 4.78 is 0. The average Bonchev–Trinajstić information content (AvgIpc) is 2.29. The second kappa shape index (κ2) is 4.88. The highest BCUT2D eigenvalue weighted by molar-refractivity contribution is 7.99. The van der Waals surface area contributed by atoms with E-state index >= 15 is 0 Å². The molecule has 17 heavy (non-hydrogen) atoms. The second-order valence-corrected chi connectivity index (χ2v) is 4.20. The molecule has 0 saturated carbocycles. The van der Waals surface area contributed by atoms with Crippen LogP contribution >= 0.6 is 11.8 Å². The van der Waals surface area contributed by atoms with Crippen molar-refractivity contribution >= 4 is 17.6 Å². The molecular formula is C10H10N6S. The molecule has 0 bridgehead atoms. The lowest BCUT2D eigenvalue weighted by Gasteiger charge is -2.04. The largest absolute Gasteiger partial charge is 0.384 e. The Bertz CT molecular complexity index is 556. The van der Waals surface area contributed by atoms with Crippen LogP contribution in [0.3, 0.4) is 0 Å². The van der Waals surface area contributed by atoms with Crippen LogP contribution in [0.4, 0.5) is 0 Å². The normalized spacial score (nSPS) is 10.2. The number of nitrogens with two attached hydrogens (primary N) is 1. The Morgan fingerprint density at radius 3 is 2.88 bits per heavy atom. The van der Waals surface area contributed by atoms with Crippen LogP contribution in [0, 0.1) is 12.3 Å². The van der Waals surface area contributed by atoms with Crippen molar-refractivity contribution in [3.05, 3.63) is 35.8 Å². The summed E-state index contributed by atoms with van der Waals surface area (Å²) in [6.45, 7) is 1.88. The zero-order valence-electron chi connectivity index (χ0n) is 9.08. The number of nitrogens with one attached hydrogen (secondary N) is 1. The molecule has 0 amide bonds. The van der Waals surface area contributed by atoms with Gasteiger partial charge in [0.15, 0.2) is 5.16 Å². The summed E-state index contributed by atoms with van der Waals surface area (Å²) in [4.78, 5) is 8.35. The van der Waals surface area contributed by atoms with Gasteiger partial charge in [0.1, 0.15) is 10.9 Å². The van der Waals surface area contributed by atoms with Gasteiger partial charge in [-0.15, -0.1) is 5.10 Å². The molecule has 0 saturated heterocycles. The third-order valence-electron chi connectivity index (χ3n) is 1.94. The topological polar surface area (TPSA) is 101 Å². The maximum absolute atomic E-state index is 7.44. The van der Waals surface area contributed by atoms with Gasteiger partial charge in [-0.3, -0.25) is 5.41 Å². The maximum atomic E-state index is 7.44. The van der Waals surface area contributed by atoms with Gasteiger partial charge in [0.05, 0.1) is 11.8 Å². The lowest BCUT2D eigenvalue weighted by Crippen LogP contribution is -2.13. The Morgan fingerprint density at radius 2 is 2.18 bits per heavy atom. The van der Waals surface area contributed by atoms with Gasteiger partial charge in [-0.2, -0.15) is 5.10 Å². The summed E-state index contributed by atoms with van der Waals surface area (Å²) in [6, 6.07) is 3.46. The molecule has 0 atom stereocenters.